The zero-order valence-corrected chi connectivity index (χ0v) is 13.8. The van der Waals surface area contributed by atoms with Crippen molar-refractivity contribution >= 4 is 21.4 Å². The van der Waals surface area contributed by atoms with Crippen molar-refractivity contribution in [3.63, 3.8) is 0 Å². The van der Waals surface area contributed by atoms with Gasteiger partial charge >= 0.3 is 0 Å². The average molecular weight is 346 g/mol. The Balaban J connectivity index is 2.06. The minimum Gasteiger partial charge on any atom is -0.437 e. The van der Waals surface area contributed by atoms with Gasteiger partial charge in [0, 0.05) is 16.9 Å². The first-order valence-electron chi connectivity index (χ1n) is 6.83. The Morgan fingerprint density at radius 1 is 1.24 bits per heavy atom. The molecule has 0 saturated carbocycles. The van der Waals surface area contributed by atoms with E-state index < -0.39 is 0 Å². The fourth-order valence-electron chi connectivity index (χ4n) is 2.27. The van der Waals surface area contributed by atoms with Crippen LogP contribution < -0.4 is 4.74 Å². The molecule has 21 heavy (non-hydrogen) atoms. The topological polar surface area (TPSA) is 39.4 Å². The van der Waals surface area contributed by atoms with Crippen LogP contribution in [0.15, 0.2) is 41.1 Å². The Morgan fingerprint density at radius 2 is 2.05 bits per heavy atom. The van der Waals surface area contributed by atoms with Crippen LogP contribution in [0.2, 0.25) is 0 Å². The number of aromatic nitrogens is 3. The van der Waals surface area contributed by atoms with Gasteiger partial charge in [0.1, 0.15) is 11.3 Å². The van der Waals surface area contributed by atoms with Crippen LogP contribution >= 0.6 is 15.9 Å². The Kier molecular flexibility index (Phi) is 3.68. The quantitative estimate of drug-likeness (QED) is 0.689. The summed E-state index contributed by atoms with van der Waals surface area (Å²) in [7, 11) is 0. The molecule has 4 nitrogen and oxygen atoms in total. The molecule has 0 aliphatic rings. The number of halogens is 1. The molecule has 2 heterocycles. The van der Waals surface area contributed by atoms with E-state index in [9.17, 15) is 0 Å². The summed E-state index contributed by atoms with van der Waals surface area (Å²) in [4.78, 5) is 4.34. The molecule has 5 heteroatoms. The summed E-state index contributed by atoms with van der Waals surface area (Å²) in [6.07, 6.45) is 3.52. The summed E-state index contributed by atoms with van der Waals surface area (Å²) in [5, 5.41) is 4.38. The molecule has 3 aromatic rings. The van der Waals surface area contributed by atoms with Gasteiger partial charge in [-0.3, -0.25) is 0 Å². The highest BCUT2D eigenvalue weighted by atomic mass is 79.9. The van der Waals surface area contributed by atoms with Crippen LogP contribution in [0.4, 0.5) is 0 Å². The molecule has 0 atom stereocenters. The van der Waals surface area contributed by atoms with E-state index in [0.717, 1.165) is 27.0 Å². The molecule has 0 unspecified atom stereocenters. The molecule has 0 bridgehead atoms. The van der Waals surface area contributed by atoms with Gasteiger partial charge in [0.2, 0.25) is 5.88 Å². The summed E-state index contributed by atoms with van der Waals surface area (Å²) >= 11 is 3.51. The molecule has 0 saturated heterocycles. The first-order valence-corrected chi connectivity index (χ1v) is 7.62. The van der Waals surface area contributed by atoms with Gasteiger partial charge in [-0.2, -0.15) is 5.10 Å². The molecule has 108 valence electrons. The highest BCUT2D eigenvalue weighted by Crippen LogP contribution is 2.33. The van der Waals surface area contributed by atoms with Gasteiger partial charge in [-0.05, 0) is 42.7 Å². The first-order chi connectivity index (χ1) is 10.0. The summed E-state index contributed by atoms with van der Waals surface area (Å²) in [5.41, 5.74) is 2.95. The number of benzene rings is 1. The maximum atomic E-state index is 6.06. The number of nitrogens with zero attached hydrogens (tertiary/aromatic N) is 3. The van der Waals surface area contributed by atoms with Crippen molar-refractivity contribution in [2.75, 3.05) is 0 Å². The van der Waals surface area contributed by atoms with E-state index in [0.29, 0.717) is 11.8 Å². The largest absolute Gasteiger partial charge is 0.437 e. The smallest absolute Gasteiger partial charge is 0.245 e. The summed E-state index contributed by atoms with van der Waals surface area (Å²) in [5.74, 6) is 1.76. The van der Waals surface area contributed by atoms with Crippen LogP contribution in [-0.2, 0) is 0 Å². The van der Waals surface area contributed by atoms with Crippen molar-refractivity contribution in [1.29, 1.82) is 0 Å². The second-order valence-corrected chi connectivity index (χ2v) is 6.20. The number of fused-ring (bicyclic) bond motifs is 1. The Labute approximate surface area is 131 Å². The van der Waals surface area contributed by atoms with E-state index in [1.165, 1.54) is 0 Å². The highest BCUT2D eigenvalue weighted by Gasteiger charge is 2.13. The van der Waals surface area contributed by atoms with Gasteiger partial charge in [0.25, 0.3) is 0 Å². The fraction of sp³-hybridized carbons (Fsp3) is 0.250. The van der Waals surface area contributed by atoms with Crippen LogP contribution in [0.25, 0.3) is 5.52 Å². The van der Waals surface area contributed by atoms with E-state index in [4.69, 9.17) is 4.74 Å². The summed E-state index contributed by atoms with van der Waals surface area (Å²) in [6, 6.07) is 7.99. The number of rotatable bonds is 3. The molecule has 1 aromatic carbocycles. The van der Waals surface area contributed by atoms with E-state index in [1.807, 2.05) is 31.3 Å². The zero-order chi connectivity index (χ0) is 15.0. The summed E-state index contributed by atoms with van der Waals surface area (Å²) in [6.45, 7) is 6.24. The van der Waals surface area contributed by atoms with Gasteiger partial charge in [-0.1, -0.05) is 29.8 Å². The Bertz CT molecular complexity index is 795. The minimum absolute atomic E-state index is 0.365. The molecular formula is C16H16BrN3O. The molecule has 0 radical (unpaired) electrons. The first kappa shape index (κ1) is 14.1. The maximum absolute atomic E-state index is 6.06. The third kappa shape index (κ3) is 2.78. The lowest BCUT2D eigenvalue weighted by atomic mass is 10.0. The molecule has 0 fully saturated rings. The SMILES string of the molecule is Cc1cc2c(Oc3ccc(Br)cc3C(C)C)nccn2n1. The lowest BCUT2D eigenvalue weighted by Crippen LogP contribution is -1.97. The van der Waals surface area contributed by atoms with Gasteiger partial charge in [0.05, 0.1) is 5.69 Å². The predicted molar refractivity (Wildman–Crippen MR) is 86.0 cm³/mol. The molecule has 2 aromatic heterocycles. The predicted octanol–water partition coefficient (Wildman–Crippen LogP) is 4.72. The van der Waals surface area contributed by atoms with Crippen molar-refractivity contribution in [1.82, 2.24) is 14.6 Å². The van der Waals surface area contributed by atoms with Crippen LogP contribution in [-0.4, -0.2) is 14.6 Å². The van der Waals surface area contributed by atoms with Crippen LogP contribution in [0.1, 0.15) is 31.0 Å². The van der Waals surface area contributed by atoms with Gasteiger partial charge in [0.15, 0.2) is 0 Å². The third-order valence-corrected chi connectivity index (χ3v) is 3.77. The average Bonchev–Trinajstić information content (AvgIpc) is 2.82. The zero-order valence-electron chi connectivity index (χ0n) is 12.2. The number of aryl methyl sites for hydroxylation is 1. The number of hydrogen-bond donors (Lipinski definition) is 0. The molecule has 0 N–H and O–H groups in total. The molecule has 0 spiro atoms. The highest BCUT2D eigenvalue weighted by molar-refractivity contribution is 9.10. The lowest BCUT2D eigenvalue weighted by Gasteiger charge is -2.14. The van der Waals surface area contributed by atoms with E-state index in [-0.39, 0.29) is 0 Å². The van der Waals surface area contributed by atoms with E-state index >= 15 is 0 Å². The standard InChI is InChI=1S/C16H16BrN3O/c1-10(2)13-9-12(17)4-5-15(13)21-16-14-8-11(3)19-20(14)7-6-18-16/h4-10H,1-3H3. The van der Waals surface area contributed by atoms with Crippen molar-refractivity contribution in [2.45, 2.75) is 26.7 Å². The van der Waals surface area contributed by atoms with Gasteiger partial charge < -0.3 is 4.74 Å². The molecule has 0 aliphatic carbocycles. The van der Waals surface area contributed by atoms with Crippen molar-refractivity contribution < 1.29 is 4.74 Å². The second-order valence-electron chi connectivity index (χ2n) is 5.29. The molecule has 0 aliphatic heterocycles. The number of ether oxygens (including phenoxy) is 1. The van der Waals surface area contributed by atoms with Crippen molar-refractivity contribution in [3.8, 4) is 11.6 Å². The van der Waals surface area contributed by atoms with E-state index in [1.54, 1.807) is 10.7 Å². The molecule has 0 amide bonds. The third-order valence-electron chi connectivity index (χ3n) is 3.28. The van der Waals surface area contributed by atoms with Crippen LogP contribution in [0.3, 0.4) is 0 Å². The molecule has 3 rings (SSSR count). The normalized spacial score (nSPS) is 11.3. The second kappa shape index (κ2) is 5.48. The lowest BCUT2D eigenvalue weighted by molar-refractivity contribution is 0.457. The van der Waals surface area contributed by atoms with Gasteiger partial charge in [-0.25, -0.2) is 9.50 Å². The Hall–Kier alpha value is -1.88. The van der Waals surface area contributed by atoms with Crippen molar-refractivity contribution in [3.05, 3.63) is 52.4 Å². The Morgan fingerprint density at radius 3 is 2.81 bits per heavy atom. The van der Waals surface area contributed by atoms with E-state index in [2.05, 4.69) is 45.9 Å². The van der Waals surface area contributed by atoms with Crippen molar-refractivity contribution in [2.24, 2.45) is 0 Å². The monoisotopic (exact) mass is 345 g/mol. The fourth-order valence-corrected chi connectivity index (χ4v) is 2.65. The maximum Gasteiger partial charge on any atom is 0.245 e. The van der Waals surface area contributed by atoms with Crippen LogP contribution in [0, 0.1) is 6.92 Å². The van der Waals surface area contributed by atoms with Gasteiger partial charge in [-0.15, -0.1) is 0 Å². The summed E-state index contributed by atoms with van der Waals surface area (Å²) < 4.78 is 8.89. The molecular weight excluding hydrogens is 330 g/mol. The minimum atomic E-state index is 0.365. The van der Waals surface area contributed by atoms with Crippen LogP contribution in [0.5, 0.6) is 11.6 Å². The number of hydrogen-bond acceptors (Lipinski definition) is 3.